The Hall–Kier alpha value is -2.98. The Balaban J connectivity index is 1.28. The van der Waals surface area contributed by atoms with Gasteiger partial charge in [-0.3, -0.25) is 9.47 Å². The van der Waals surface area contributed by atoms with Gasteiger partial charge in [0.05, 0.1) is 12.9 Å². The average molecular weight is 450 g/mol. The van der Waals surface area contributed by atoms with Crippen molar-refractivity contribution in [2.75, 3.05) is 24.6 Å². The van der Waals surface area contributed by atoms with Gasteiger partial charge >= 0.3 is 0 Å². The largest absolute Gasteiger partial charge is 0.382 e. The molecule has 32 heavy (non-hydrogen) atoms. The third-order valence-corrected chi connectivity index (χ3v) is 6.75. The van der Waals surface area contributed by atoms with E-state index in [1.807, 2.05) is 10.6 Å². The molecule has 0 atom stereocenters. The van der Waals surface area contributed by atoms with Gasteiger partial charge in [0.1, 0.15) is 11.8 Å². The van der Waals surface area contributed by atoms with E-state index in [0.717, 1.165) is 60.7 Å². The predicted octanol–water partition coefficient (Wildman–Crippen LogP) is 3.16. The Kier molecular flexibility index (Phi) is 6.31. The number of thioether (sulfide) groups is 1. The van der Waals surface area contributed by atoms with E-state index in [2.05, 4.69) is 58.9 Å². The first-order valence-electron chi connectivity index (χ1n) is 11.1. The third-order valence-electron chi connectivity index (χ3n) is 5.73. The number of imidazole rings is 1. The van der Waals surface area contributed by atoms with Crippen molar-refractivity contribution in [2.24, 2.45) is 0 Å². The summed E-state index contributed by atoms with van der Waals surface area (Å²) in [6, 6.07) is 10.4. The number of para-hydroxylation sites is 1. The number of benzene rings is 1. The highest BCUT2D eigenvalue weighted by Gasteiger charge is 2.18. The van der Waals surface area contributed by atoms with Crippen LogP contribution in [0.15, 0.2) is 48.1 Å². The molecule has 0 aliphatic carbocycles. The molecule has 1 aliphatic rings. The number of nitrogens with zero attached hydrogens (tertiary/aromatic N) is 8. The molecule has 4 heterocycles. The number of hydrogen-bond acceptors (Lipinski definition) is 8. The van der Waals surface area contributed by atoms with Crippen molar-refractivity contribution in [1.29, 1.82) is 0 Å². The number of aromatic nitrogens is 7. The maximum Gasteiger partial charge on any atom is 0.195 e. The summed E-state index contributed by atoms with van der Waals surface area (Å²) in [6.07, 6.45) is 8.07. The van der Waals surface area contributed by atoms with Gasteiger partial charge in [-0.2, -0.15) is 0 Å². The number of nitrogens with two attached hydrogens (primary N) is 1. The van der Waals surface area contributed by atoms with Crippen molar-refractivity contribution in [3.8, 4) is 5.69 Å². The van der Waals surface area contributed by atoms with E-state index < -0.39 is 0 Å². The van der Waals surface area contributed by atoms with Gasteiger partial charge in [0.2, 0.25) is 0 Å². The van der Waals surface area contributed by atoms with E-state index in [-0.39, 0.29) is 0 Å². The summed E-state index contributed by atoms with van der Waals surface area (Å²) in [5.74, 6) is 2.34. The normalized spacial score (nSPS) is 14.9. The fraction of sp³-hybridized carbons (Fsp3) is 0.409. The minimum Gasteiger partial charge on any atom is -0.382 e. The third kappa shape index (κ3) is 4.46. The minimum absolute atomic E-state index is 0.417. The first-order valence-corrected chi connectivity index (χ1v) is 12.0. The fourth-order valence-corrected chi connectivity index (χ4v) is 5.01. The molecule has 0 saturated carbocycles. The number of anilines is 1. The van der Waals surface area contributed by atoms with Crippen molar-refractivity contribution in [3.63, 3.8) is 0 Å². The molecule has 1 aliphatic heterocycles. The van der Waals surface area contributed by atoms with E-state index in [0.29, 0.717) is 11.3 Å². The number of rotatable bonds is 8. The van der Waals surface area contributed by atoms with Crippen LogP contribution in [0.4, 0.5) is 5.82 Å². The molecule has 0 amide bonds. The molecule has 1 aromatic carbocycles. The van der Waals surface area contributed by atoms with Gasteiger partial charge in [-0.25, -0.2) is 15.0 Å². The SMILES string of the molecule is Nc1ncnc2c1ncn2CCCSc1nnc(CN2CCCCC2)n1-c1ccccc1. The highest BCUT2D eigenvalue weighted by atomic mass is 32.2. The van der Waals surface area contributed by atoms with E-state index in [9.17, 15) is 0 Å². The number of aryl methyl sites for hydroxylation is 1. The molecule has 3 aromatic heterocycles. The van der Waals surface area contributed by atoms with E-state index in [1.54, 1.807) is 18.1 Å². The lowest BCUT2D eigenvalue weighted by Crippen LogP contribution is -2.30. The molecule has 9 nitrogen and oxygen atoms in total. The lowest BCUT2D eigenvalue weighted by Gasteiger charge is -2.26. The number of hydrogen-bond donors (Lipinski definition) is 1. The quantitative estimate of drug-likeness (QED) is 0.323. The van der Waals surface area contributed by atoms with Gasteiger partial charge in [-0.1, -0.05) is 36.4 Å². The van der Waals surface area contributed by atoms with Gasteiger partial charge in [-0.15, -0.1) is 10.2 Å². The van der Waals surface area contributed by atoms with E-state index >= 15 is 0 Å². The molecular formula is C22H27N9S. The zero-order valence-electron chi connectivity index (χ0n) is 18.0. The Labute approximate surface area is 191 Å². The van der Waals surface area contributed by atoms with Crippen LogP contribution in [0.25, 0.3) is 16.9 Å². The van der Waals surface area contributed by atoms with E-state index in [4.69, 9.17) is 5.73 Å². The summed E-state index contributed by atoms with van der Waals surface area (Å²) in [6.45, 7) is 3.92. The van der Waals surface area contributed by atoms with Gasteiger partial charge in [0.15, 0.2) is 22.4 Å². The van der Waals surface area contributed by atoms with Crippen LogP contribution in [0.1, 0.15) is 31.5 Å². The van der Waals surface area contributed by atoms with Gasteiger partial charge < -0.3 is 10.3 Å². The fourth-order valence-electron chi connectivity index (χ4n) is 4.11. The summed E-state index contributed by atoms with van der Waals surface area (Å²) in [4.78, 5) is 15.2. The summed E-state index contributed by atoms with van der Waals surface area (Å²) < 4.78 is 4.23. The number of nitrogen functional groups attached to an aromatic ring is 1. The topological polar surface area (TPSA) is 104 Å². The van der Waals surface area contributed by atoms with Crippen molar-refractivity contribution in [1.82, 2.24) is 39.2 Å². The van der Waals surface area contributed by atoms with Gasteiger partial charge in [-0.05, 0) is 44.5 Å². The van der Waals surface area contributed by atoms with Crippen LogP contribution in [0, 0.1) is 0 Å². The Morgan fingerprint density at radius 2 is 1.81 bits per heavy atom. The van der Waals surface area contributed by atoms with Crippen molar-refractivity contribution in [2.45, 2.75) is 43.9 Å². The molecule has 0 radical (unpaired) electrons. The lowest BCUT2D eigenvalue weighted by atomic mass is 10.1. The summed E-state index contributed by atoms with van der Waals surface area (Å²) in [5.41, 5.74) is 8.44. The highest BCUT2D eigenvalue weighted by Crippen LogP contribution is 2.24. The zero-order chi connectivity index (χ0) is 21.8. The van der Waals surface area contributed by atoms with Crippen molar-refractivity contribution >= 4 is 28.7 Å². The van der Waals surface area contributed by atoms with Crippen LogP contribution < -0.4 is 5.73 Å². The van der Waals surface area contributed by atoms with Gasteiger partial charge in [0, 0.05) is 18.0 Å². The molecule has 10 heteroatoms. The second-order valence-electron chi connectivity index (χ2n) is 7.98. The minimum atomic E-state index is 0.417. The highest BCUT2D eigenvalue weighted by molar-refractivity contribution is 7.99. The Morgan fingerprint density at radius 3 is 2.66 bits per heavy atom. The average Bonchev–Trinajstić information content (AvgIpc) is 3.43. The molecular weight excluding hydrogens is 422 g/mol. The van der Waals surface area contributed by atoms with Crippen LogP contribution in [0.2, 0.25) is 0 Å². The molecule has 166 valence electrons. The second-order valence-corrected chi connectivity index (χ2v) is 9.04. The molecule has 1 fully saturated rings. The first kappa shape index (κ1) is 20.9. The first-order chi connectivity index (χ1) is 15.8. The summed E-state index contributed by atoms with van der Waals surface area (Å²) >= 11 is 1.73. The lowest BCUT2D eigenvalue weighted by molar-refractivity contribution is 0.214. The molecule has 2 N–H and O–H groups in total. The molecule has 0 spiro atoms. The van der Waals surface area contributed by atoms with Gasteiger partial charge in [0.25, 0.3) is 0 Å². The van der Waals surface area contributed by atoms with E-state index in [1.165, 1.54) is 25.6 Å². The van der Waals surface area contributed by atoms with Crippen molar-refractivity contribution in [3.05, 3.63) is 48.8 Å². The standard InChI is InChI=1S/C22H27N9S/c23-20-19-21(25-15-24-20)30(16-26-19)12-7-13-32-22-28-27-18(14-29-10-5-2-6-11-29)31(22)17-8-3-1-4-9-17/h1,3-4,8-9,15-16H,2,5-7,10-14H2,(H2,23,24,25). The molecule has 0 unspecified atom stereocenters. The van der Waals surface area contributed by atoms with Crippen LogP contribution in [0.3, 0.4) is 0 Å². The summed E-state index contributed by atoms with van der Waals surface area (Å²) in [7, 11) is 0. The number of likely N-dealkylation sites (tertiary alicyclic amines) is 1. The predicted molar refractivity (Wildman–Crippen MR) is 126 cm³/mol. The smallest absolute Gasteiger partial charge is 0.195 e. The maximum absolute atomic E-state index is 5.89. The monoisotopic (exact) mass is 449 g/mol. The molecule has 0 bridgehead atoms. The number of piperidine rings is 1. The zero-order valence-corrected chi connectivity index (χ0v) is 18.8. The Morgan fingerprint density at radius 1 is 0.969 bits per heavy atom. The molecule has 1 saturated heterocycles. The second kappa shape index (κ2) is 9.66. The van der Waals surface area contributed by atoms with Crippen LogP contribution in [-0.2, 0) is 13.1 Å². The maximum atomic E-state index is 5.89. The molecule has 4 aromatic rings. The molecule has 5 rings (SSSR count). The van der Waals surface area contributed by atoms with Crippen LogP contribution in [0.5, 0.6) is 0 Å². The Bertz CT molecular complexity index is 1160. The van der Waals surface area contributed by atoms with Crippen LogP contribution >= 0.6 is 11.8 Å². The summed E-state index contributed by atoms with van der Waals surface area (Å²) in [5, 5.41) is 10.1. The van der Waals surface area contributed by atoms with Crippen LogP contribution in [-0.4, -0.2) is 58.0 Å². The van der Waals surface area contributed by atoms with Crippen molar-refractivity contribution < 1.29 is 0 Å². The number of fused-ring (bicyclic) bond motifs is 1.